The van der Waals surface area contributed by atoms with Crippen LogP contribution in [-0.4, -0.2) is 26.6 Å². The maximum atomic E-state index is 12.1. The van der Waals surface area contributed by atoms with E-state index in [1.165, 1.54) is 0 Å². The first kappa shape index (κ1) is 17.5. The van der Waals surface area contributed by atoms with Gasteiger partial charge in [0.05, 0.1) is 5.75 Å². The zero-order valence-electron chi connectivity index (χ0n) is 12.4. The summed E-state index contributed by atoms with van der Waals surface area (Å²) < 4.78 is 26.9. The Hall–Kier alpha value is -0.580. The van der Waals surface area contributed by atoms with Crippen molar-refractivity contribution in [3.05, 3.63) is 35.9 Å². The van der Waals surface area contributed by atoms with Crippen LogP contribution in [0.15, 0.2) is 30.3 Å². The van der Waals surface area contributed by atoms with Gasteiger partial charge in [-0.15, -0.1) is 11.6 Å². The van der Waals surface area contributed by atoms with Crippen LogP contribution in [0.1, 0.15) is 38.7 Å². The summed E-state index contributed by atoms with van der Waals surface area (Å²) in [6.45, 7) is 6.37. The molecular weight excluding hydrogens is 294 g/mol. The van der Waals surface area contributed by atoms with Gasteiger partial charge in [0.2, 0.25) is 10.0 Å². The average molecular weight is 318 g/mol. The first-order valence-corrected chi connectivity index (χ1v) is 9.03. The van der Waals surface area contributed by atoms with Crippen molar-refractivity contribution < 1.29 is 8.42 Å². The molecule has 1 aromatic carbocycles. The fourth-order valence-electron chi connectivity index (χ4n) is 1.92. The van der Waals surface area contributed by atoms with Gasteiger partial charge >= 0.3 is 0 Å². The van der Waals surface area contributed by atoms with Gasteiger partial charge in [-0.2, -0.15) is 0 Å². The minimum absolute atomic E-state index is 0.0233. The van der Waals surface area contributed by atoms with Crippen LogP contribution in [-0.2, 0) is 10.0 Å². The fraction of sp³-hybridized carbons (Fsp3) is 0.600. The second-order valence-corrected chi connectivity index (χ2v) is 8.25. The van der Waals surface area contributed by atoms with Crippen LogP contribution in [0.2, 0.25) is 0 Å². The lowest BCUT2D eigenvalue weighted by atomic mass is 9.91. The van der Waals surface area contributed by atoms with Crippen molar-refractivity contribution in [2.24, 2.45) is 5.41 Å². The highest BCUT2D eigenvalue weighted by Gasteiger charge is 2.22. The van der Waals surface area contributed by atoms with Crippen LogP contribution in [0.25, 0.3) is 0 Å². The molecule has 114 valence electrons. The van der Waals surface area contributed by atoms with Crippen molar-refractivity contribution in [1.82, 2.24) is 4.72 Å². The lowest BCUT2D eigenvalue weighted by Gasteiger charge is -2.24. The third-order valence-electron chi connectivity index (χ3n) is 3.38. The van der Waals surface area contributed by atoms with Gasteiger partial charge in [0.15, 0.2) is 0 Å². The lowest BCUT2D eigenvalue weighted by Crippen LogP contribution is -2.36. The molecule has 0 spiro atoms. The normalized spacial score (nSPS) is 14.2. The van der Waals surface area contributed by atoms with Crippen molar-refractivity contribution in [2.45, 2.75) is 33.1 Å². The molecule has 1 N–H and O–H groups in total. The summed E-state index contributed by atoms with van der Waals surface area (Å²) in [6.07, 6.45) is 0.783. The molecule has 0 saturated carbocycles. The molecule has 0 fully saturated rings. The second kappa shape index (κ2) is 7.43. The minimum Gasteiger partial charge on any atom is -0.215 e. The van der Waals surface area contributed by atoms with Gasteiger partial charge in [-0.1, -0.05) is 51.1 Å². The Balaban J connectivity index is 2.58. The zero-order valence-corrected chi connectivity index (χ0v) is 14.0. The van der Waals surface area contributed by atoms with Gasteiger partial charge in [0, 0.05) is 12.4 Å². The van der Waals surface area contributed by atoms with E-state index in [0.717, 1.165) is 12.0 Å². The topological polar surface area (TPSA) is 46.2 Å². The number of rotatable bonds is 8. The van der Waals surface area contributed by atoms with E-state index >= 15 is 0 Å². The first-order chi connectivity index (χ1) is 9.26. The van der Waals surface area contributed by atoms with E-state index in [1.54, 1.807) is 0 Å². The van der Waals surface area contributed by atoms with Crippen LogP contribution in [0.4, 0.5) is 0 Å². The Morgan fingerprint density at radius 1 is 1.25 bits per heavy atom. The predicted molar refractivity (Wildman–Crippen MR) is 85.8 cm³/mol. The molecule has 1 rings (SSSR count). The number of benzene rings is 1. The molecule has 0 aliphatic rings. The van der Waals surface area contributed by atoms with E-state index in [0.29, 0.717) is 12.4 Å². The molecule has 1 aromatic rings. The number of nitrogens with one attached hydrogen (secondary N) is 1. The summed E-state index contributed by atoms with van der Waals surface area (Å²) in [4.78, 5) is 0. The van der Waals surface area contributed by atoms with Gasteiger partial charge in [-0.25, -0.2) is 13.1 Å². The minimum atomic E-state index is -3.27. The van der Waals surface area contributed by atoms with E-state index in [-0.39, 0.29) is 17.1 Å². The highest BCUT2D eigenvalue weighted by atomic mass is 35.5. The number of alkyl halides is 1. The van der Waals surface area contributed by atoms with E-state index in [1.807, 2.05) is 51.1 Å². The third kappa shape index (κ3) is 6.25. The summed E-state index contributed by atoms with van der Waals surface area (Å²) in [5.41, 5.74) is 0.919. The summed E-state index contributed by atoms with van der Waals surface area (Å²) in [5, 5.41) is 0. The molecule has 0 amide bonds. The number of hydrogen-bond acceptors (Lipinski definition) is 2. The quantitative estimate of drug-likeness (QED) is 0.747. The molecule has 20 heavy (non-hydrogen) atoms. The Morgan fingerprint density at radius 3 is 2.40 bits per heavy atom. The smallest absolute Gasteiger partial charge is 0.212 e. The summed E-state index contributed by atoms with van der Waals surface area (Å²) in [6, 6.07) is 9.69. The monoisotopic (exact) mass is 317 g/mol. The number of halogens is 1. The second-order valence-electron chi connectivity index (χ2n) is 6.02. The number of sulfonamides is 1. The molecule has 5 heteroatoms. The van der Waals surface area contributed by atoms with Crippen LogP contribution >= 0.6 is 11.6 Å². The fourth-order valence-corrected chi connectivity index (χ4v) is 4.01. The predicted octanol–water partition coefficient (Wildman–Crippen LogP) is 3.36. The van der Waals surface area contributed by atoms with Crippen LogP contribution in [0, 0.1) is 5.41 Å². The highest BCUT2D eigenvalue weighted by Crippen LogP contribution is 2.21. The molecule has 0 heterocycles. The summed E-state index contributed by atoms with van der Waals surface area (Å²) >= 11 is 5.72. The molecule has 0 aliphatic heterocycles. The van der Waals surface area contributed by atoms with E-state index < -0.39 is 10.0 Å². The lowest BCUT2D eigenvalue weighted by molar-refractivity contribution is 0.352. The molecule has 3 nitrogen and oxygen atoms in total. The average Bonchev–Trinajstić information content (AvgIpc) is 2.37. The van der Waals surface area contributed by atoms with E-state index in [9.17, 15) is 8.42 Å². The van der Waals surface area contributed by atoms with Crippen LogP contribution in [0.5, 0.6) is 0 Å². The van der Waals surface area contributed by atoms with E-state index in [2.05, 4.69) is 4.72 Å². The largest absolute Gasteiger partial charge is 0.215 e. The van der Waals surface area contributed by atoms with Crippen molar-refractivity contribution in [1.29, 1.82) is 0 Å². The first-order valence-electron chi connectivity index (χ1n) is 6.84. The van der Waals surface area contributed by atoms with Gasteiger partial charge in [0.25, 0.3) is 0 Å². The Morgan fingerprint density at radius 2 is 1.85 bits per heavy atom. The number of hydrogen-bond donors (Lipinski definition) is 1. The molecule has 0 radical (unpaired) electrons. The molecule has 1 atom stereocenters. The Labute approximate surface area is 127 Å². The molecule has 0 saturated heterocycles. The maximum Gasteiger partial charge on any atom is 0.212 e. The molecule has 1 unspecified atom stereocenters. The van der Waals surface area contributed by atoms with Crippen LogP contribution in [0.3, 0.4) is 0 Å². The highest BCUT2D eigenvalue weighted by molar-refractivity contribution is 7.89. The van der Waals surface area contributed by atoms with Crippen LogP contribution < -0.4 is 4.72 Å². The molecule has 0 aromatic heterocycles. The van der Waals surface area contributed by atoms with Gasteiger partial charge in [-0.05, 0) is 23.3 Å². The summed E-state index contributed by atoms with van der Waals surface area (Å²) in [5.74, 6) is 0.619. The van der Waals surface area contributed by atoms with Crippen molar-refractivity contribution in [3.8, 4) is 0 Å². The zero-order chi connectivity index (χ0) is 15.2. The maximum absolute atomic E-state index is 12.1. The molecular formula is C15H24ClNO2S. The standard InChI is InChI=1S/C15H24ClNO2S/c1-13(14-7-5-4-6-8-14)11-20(18,19)17-12-15(2,3)9-10-16/h4-8,13,17H,9-12H2,1-3H3. The van der Waals surface area contributed by atoms with Crippen molar-refractivity contribution >= 4 is 21.6 Å². The molecule has 0 bridgehead atoms. The molecule has 0 aliphatic carbocycles. The van der Waals surface area contributed by atoms with E-state index in [4.69, 9.17) is 11.6 Å². The Bertz CT molecular complexity index is 500. The van der Waals surface area contributed by atoms with Crippen molar-refractivity contribution in [2.75, 3.05) is 18.2 Å². The third-order valence-corrected chi connectivity index (χ3v) is 5.09. The summed E-state index contributed by atoms with van der Waals surface area (Å²) in [7, 11) is -3.27. The Kier molecular flexibility index (Phi) is 6.49. The SMILES string of the molecule is CC(CS(=O)(=O)NCC(C)(C)CCCl)c1ccccc1. The van der Waals surface area contributed by atoms with Crippen molar-refractivity contribution in [3.63, 3.8) is 0 Å². The van der Waals surface area contributed by atoms with Gasteiger partial charge in [-0.3, -0.25) is 0 Å². The van der Waals surface area contributed by atoms with Gasteiger partial charge < -0.3 is 0 Å². The van der Waals surface area contributed by atoms with Gasteiger partial charge in [0.1, 0.15) is 0 Å².